The predicted octanol–water partition coefficient (Wildman–Crippen LogP) is 5.14. The van der Waals surface area contributed by atoms with Gasteiger partial charge < -0.3 is 10.2 Å². The second kappa shape index (κ2) is 9.88. The van der Waals surface area contributed by atoms with Crippen molar-refractivity contribution in [2.24, 2.45) is 0 Å². The van der Waals surface area contributed by atoms with E-state index in [4.69, 9.17) is 0 Å². The molecular weight excluding hydrogens is 467 g/mol. The van der Waals surface area contributed by atoms with Gasteiger partial charge in [-0.1, -0.05) is 7.43 Å². The van der Waals surface area contributed by atoms with Gasteiger partial charge in [-0.05, 0) is 56.2 Å². The molecule has 1 N–H and O–H groups in total. The Morgan fingerprint density at radius 2 is 1.76 bits per heavy atom. The number of aromatic nitrogens is 3. The van der Waals surface area contributed by atoms with E-state index in [-0.39, 0.29) is 44.8 Å². The van der Waals surface area contributed by atoms with Gasteiger partial charge in [0.25, 0.3) is 11.8 Å². The van der Waals surface area contributed by atoms with E-state index in [2.05, 4.69) is 15.4 Å². The highest BCUT2D eigenvalue weighted by Gasteiger charge is 2.36. The van der Waals surface area contributed by atoms with E-state index in [1.165, 1.54) is 34.1 Å². The van der Waals surface area contributed by atoms with Crippen molar-refractivity contribution in [1.29, 1.82) is 0 Å². The van der Waals surface area contributed by atoms with Gasteiger partial charge in [-0.15, -0.1) is 0 Å². The summed E-state index contributed by atoms with van der Waals surface area (Å²) in [5.41, 5.74) is 1.95. The van der Waals surface area contributed by atoms with Crippen molar-refractivity contribution in [3.63, 3.8) is 0 Å². The highest BCUT2D eigenvalue weighted by atomic mass is 32.1. The maximum absolute atomic E-state index is 13.3. The number of alkyl halides is 3. The Kier molecular flexibility index (Phi) is 7.82. The molecule has 0 saturated heterocycles. The third kappa shape index (κ3) is 4.79. The molecule has 0 bridgehead atoms. The fraction of sp³-hybridized carbons (Fsp3) is 0.304. The molecular formula is C23H26F3N5O2S. The van der Waals surface area contributed by atoms with E-state index >= 15 is 0 Å². The van der Waals surface area contributed by atoms with Gasteiger partial charge in [0.2, 0.25) is 0 Å². The van der Waals surface area contributed by atoms with E-state index < -0.39 is 23.6 Å². The number of carbonyl (C=O) groups excluding carboxylic acids is 2. The lowest BCUT2D eigenvalue weighted by atomic mass is 10.1. The Bertz CT molecular complexity index is 1210. The van der Waals surface area contributed by atoms with Crippen LogP contribution in [0.25, 0.3) is 0 Å². The lowest BCUT2D eigenvalue weighted by Crippen LogP contribution is -2.43. The Labute approximate surface area is 202 Å². The molecule has 1 atom stereocenters. The number of nitrogens with zero attached hydrogens (tertiary/aromatic N) is 4. The number of rotatable bonds is 3. The molecule has 2 aromatic heterocycles. The smallest absolute Gasteiger partial charge is 0.320 e. The third-order valence-electron chi connectivity index (χ3n) is 5.57. The first-order valence-electron chi connectivity index (χ1n) is 9.87. The first-order valence-corrected chi connectivity index (χ1v) is 9.87. The standard InChI is InChI=1S/C22H20F3N5O2.CH4.H2S/c1-12-8-26-10-18(14(12)3)28-20(31)17-9-27-30-13(2)11-29(21(32)19(17)30)16-6-4-15(5-7-16)22(23,24)25;;/h4-10,13H,11H2,1-3H3,(H,28,31);1H4;1H2/t13-;;/m0../s1. The number of hydrogen-bond acceptors (Lipinski definition) is 4. The molecule has 0 radical (unpaired) electrons. The molecule has 34 heavy (non-hydrogen) atoms. The van der Waals surface area contributed by atoms with E-state index in [0.717, 1.165) is 23.3 Å². The minimum absolute atomic E-state index is 0. The van der Waals surface area contributed by atoms with Gasteiger partial charge >= 0.3 is 6.18 Å². The number of halogens is 3. The van der Waals surface area contributed by atoms with Crippen molar-refractivity contribution >= 4 is 36.7 Å². The van der Waals surface area contributed by atoms with Crippen LogP contribution in [-0.2, 0) is 6.18 Å². The van der Waals surface area contributed by atoms with Gasteiger partial charge in [0.05, 0.1) is 35.2 Å². The normalized spacial score (nSPS) is 15.2. The van der Waals surface area contributed by atoms with Crippen molar-refractivity contribution in [3.8, 4) is 0 Å². The Hall–Kier alpha value is -3.34. The van der Waals surface area contributed by atoms with E-state index in [9.17, 15) is 22.8 Å². The van der Waals surface area contributed by atoms with Crippen LogP contribution in [-0.4, -0.2) is 33.1 Å². The Balaban J connectivity index is 0.00000204. The summed E-state index contributed by atoms with van der Waals surface area (Å²) in [6, 6.07) is 4.08. The quantitative estimate of drug-likeness (QED) is 0.548. The largest absolute Gasteiger partial charge is 0.416 e. The fourth-order valence-electron chi connectivity index (χ4n) is 3.63. The summed E-state index contributed by atoms with van der Waals surface area (Å²) >= 11 is 0. The molecule has 1 aliphatic heterocycles. The van der Waals surface area contributed by atoms with E-state index in [1.807, 2.05) is 20.8 Å². The number of carbonyl (C=O) groups is 2. The summed E-state index contributed by atoms with van der Waals surface area (Å²) in [7, 11) is 0. The molecule has 4 rings (SSSR count). The first kappa shape index (κ1) is 26.9. The number of benzene rings is 1. The van der Waals surface area contributed by atoms with E-state index in [0.29, 0.717) is 11.4 Å². The van der Waals surface area contributed by atoms with Gasteiger partial charge in [-0.2, -0.15) is 31.8 Å². The zero-order chi connectivity index (χ0) is 23.2. The molecule has 0 unspecified atom stereocenters. The molecule has 1 aromatic carbocycles. The first-order chi connectivity index (χ1) is 15.1. The summed E-state index contributed by atoms with van der Waals surface area (Å²) in [6.45, 7) is 5.74. The third-order valence-corrected chi connectivity index (χ3v) is 5.57. The highest BCUT2D eigenvalue weighted by molar-refractivity contribution is 7.59. The molecule has 0 fully saturated rings. The van der Waals surface area contributed by atoms with Gasteiger partial charge in [0.15, 0.2) is 0 Å². The minimum Gasteiger partial charge on any atom is -0.320 e. The highest BCUT2D eigenvalue weighted by Crippen LogP contribution is 2.33. The van der Waals surface area contributed by atoms with Crippen molar-refractivity contribution < 1.29 is 22.8 Å². The van der Waals surface area contributed by atoms with Crippen LogP contribution in [0.15, 0.2) is 42.9 Å². The van der Waals surface area contributed by atoms with Crippen LogP contribution >= 0.6 is 13.5 Å². The number of aryl methyl sites for hydroxylation is 1. The molecule has 182 valence electrons. The van der Waals surface area contributed by atoms with Crippen molar-refractivity contribution in [2.45, 2.75) is 40.4 Å². The van der Waals surface area contributed by atoms with Gasteiger partial charge in [0.1, 0.15) is 5.69 Å². The van der Waals surface area contributed by atoms with Gasteiger partial charge in [-0.25, -0.2) is 0 Å². The monoisotopic (exact) mass is 493 g/mol. The number of pyridine rings is 1. The van der Waals surface area contributed by atoms with E-state index in [1.54, 1.807) is 6.20 Å². The maximum atomic E-state index is 13.3. The molecule has 7 nitrogen and oxygen atoms in total. The summed E-state index contributed by atoms with van der Waals surface area (Å²) < 4.78 is 40.1. The lowest BCUT2D eigenvalue weighted by molar-refractivity contribution is -0.137. The van der Waals surface area contributed by atoms with Crippen LogP contribution in [0.4, 0.5) is 24.5 Å². The Morgan fingerprint density at radius 1 is 1.12 bits per heavy atom. The predicted molar refractivity (Wildman–Crippen MR) is 129 cm³/mol. The number of fused-ring (bicyclic) bond motifs is 1. The number of anilines is 2. The lowest BCUT2D eigenvalue weighted by Gasteiger charge is -2.32. The Morgan fingerprint density at radius 3 is 2.38 bits per heavy atom. The average Bonchev–Trinajstić information content (AvgIpc) is 3.20. The second-order valence-electron chi connectivity index (χ2n) is 7.74. The molecule has 11 heteroatoms. The van der Waals surface area contributed by atoms with Gasteiger partial charge in [-0.3, -0.25) is 19.3 Å². The zero-order valence-corrected chi connectivity index (χ0v) is 19.1. The van der Waals surface area contributed by atoms with Crippen LogP contribution in [0.3, 0.4) is 0 Å². The molecule has 0 aliphatic carbocycles. The number of amides is 2. The van der Waals surface area contributed by atoms with Crippen molar-refractivity contribution in [1.82, 2.24) is 14.8 Å². The van der Waals surface area contributed by atoms with Crippen LogP contribution in [0.1, 0.15) is 57.9 Å². The van der Waals surface area contributed by atoms with Crippen molar-refractivity contribution in [3.05, 3.63) is 70.8 Å². The second-order valence-corrected chi connectivity index (χ2v) is 7.74. The molecule has 2 amide bonds. The summed E-state index contributed by atoms with van der Waals surface area (Å²) in [6.07, 6.45) is 0.0628. The minimum atomic E-state index is -4.47. The number of hydrogen-bond donors (Lipinski definition) is 1. The fourth-order valence-corrected chi connectivity index (χ4v) is 3.63. The molecule has 1 aliphatic rings. The van der Waals surface area contributed by atoms with Crippen LogP contribution in [0, 0.1) is 13.8 Å². The molecule has 0 spiro atoms. The summed E-state index contributed by atoms with van der Waals surface area (Å²) in [5.74, 6) is -1.03. The molecule has 0 saturated carbocycles. The summed E-state index contributed by atoms with van der Waals surface area (Å²) in [4.78, 5) is 31.7. The molecule has 3 heterocycles. The SMILES string of the molecule is C.Cc1cncc(NC(=O)c2cnn3c2C(=O)N(c2ccc(C(F)(F)F)cc2)C[C@@H]3C)c1C.S. The zero-order valence-electron chi connectivity index (χ0n) is 18.1. The van der Waals surface area contributed by atoms with Crippen molar-refractivity contribution in [2.75, 3.05) is 16.8 Å². The van der Waals surface area contributed by atoms with Gasteiger partial charge in [0, 0.05) is 18.4 Å². The van der Waals surface area contributed by atoms with Crippen LogP contribution in [0.2, 0.25) is 0 Å². The molecule has 3 aromatic rings. The van der Waals surface area contributed by atoms with Crippen LogP contribution < -0.4 is 10.2 Å². The maximum Gasteiger partial charge on any atom is 0.416 e. The average molecular weight is 494 g/mol. The van der Waals surface area contributed by atoms with Crippen LogP contribution in [0.5, 0.6) is 0 Å². The topological polar surface area (TPSA) is 80.1 Å². The number of nitrogens with one attached hydrogen (secondary N) is 1. The summed E-state index contributed by atoms with van der Waals surface area (Å²) in [5, 5.41) is 6.98.